The Morgan fingerprint density at radius 3 is 2.94 bits per heavy atom. The van der Waals surface area contributed by atoms with Crippen LogP contribution in [0.3, 0.4) is 0 Å². The first-order chi connectivity index (χ1) is 8.52. The molecule has 0 radical (unpaired) electrons. The predicted molar refractivity (Wildman–Crippen MR) is 73.2 cm³/mol. The monoisotopic (exact) mass is 249 g/mol. The van der Waals surface area contributed by atoms with Crippen molar-refractivity contribution in [2.24, 2.45) is 5.73 Å². The van der Waals surface area contributed by atoms with Crippen LogP contribution in [0.1, 0.15) is 39.2 Å². The summed E-state index contributed by atoms with van der Waals surface area (Å²) in [6.07, 6.45) is 3.08. The van der Waals surface area contributed by atoms with Crippen molar-refractivity contribution in [3.8, 4) is 11.5 Å². The van der Waals surface area contributed by atoms with E-state index in [1.807, 2.05) is 12.1 Å². The highest BCUT2D eigenvalue weighted by Gasteiger charge is 2.32. The maximum absolute atomic E-state index is 5.98. The summed E-state index contributed by atoms with van der Waals surface area (Å²) in [5.41, 5.74) is 6.63. The van der Waals surface area contributed by atoms with E-state index in [1.54, 1.807) is 0 Å². The molecule has 0 saturated carbocycles. The molecule has 100 valence electrons. The maximum Gasteiger partial charge on any atom is 0.165 e. The summed E-state index contributed by atoms with van der Waals surface area (Å²) in [5, 5.41) is 0. The molecule has 0 amide bonds. The molecule has 0 fully saturated rings. The third-order valence-corrected chi connectivity index (χ3v) is 3.20. The van der Waals surface area contributed by atoms with Crippen LogP contribution in [0.25, 0.3) is 0 Å². The molecule has 2 N–H and O–H groups in total. The molecule has 3 nitrogen and oxygen atoms in total. The lowest BCUT2D eigenvalue weighted by molar-refractivity contribution is 0.125. The molecule has 3 heteroatoms. The SMILES string of the molecule is CC(CCCN)Oc1cccc2c1OC(C)(C)C2. The molecule has 0 aliphatic carbocycles. The topological polar surface area (TPSA) is 44.5 Å². The lowest BCUT2D eigenvalue weighted by Crippen LogP contribution is -2.25. The highest BCUT2D eigenvalue weighted by atomic mass is 16.5. The summed E-state index contributed by atoms with van der Waals surface area (Å²) in [4.78, 5) is 0. The maximum atomic E-state index is 5.98. The molecular formula is C15H23NO2. The standard InChI is InChI=1S/C15H23NO2/c1-11(6-5-9-16)17-13-8-4-7-12-10-15(2,3)18-14(12)13/h4,7-8,11H,5-6,9-10,16H2,1-3H3. The number of fused-ring (bicyclic) bond motifs is 1. The Hall–Kier alpha value is -1.22. The van der Waals surface area contributed by atoms with Gasteiger partial charge in [0.15, 0.2) is 11.5 Å². The van der Waals surface area contributed by atoms with Crippen molar-refractivity contribution >= 4 is 0 Å². The molecule has 1 aromatic rings. The summed E-state index contributed by atoms with van der Waals surface area (Å²) < 4.78 is 12.0. The number of ether oxygens (including phenoxy) is 2. The van der Waals surface area contributed by atoms with E-state index in [0.717, 1.165) is 30.8 Å². The van der Waals surface area contributed by atoms with Gasteiger partial charge in [0.2, 0.25) is 0 Å². The summed E-state index contributed by atoms with van der Waals surface area (Å²) >= 11 is 0. The van der Waals surface area contributed by atoms with Gasteiger partial charge in [0.25, 0.3) is 0 Å². The van der Waals surface area contributed by atoms with Gasteiger partial charge in [-0.2, -0.15) is 0 Å². The summed E-state index contributed by atoms with van der Waals surface area (Å²) in [6, 6.07) is 6.13. The Balaban J connectivity index is 2.09. The van der Waals surface area contributed by atoms with Gasteiger partial charge in [0.1, 0.15) is 5.60 Å². The smallest absolute Gasteiger partial charge is 0.165 e. The number of nitrogens with two attached hydrogens (primary N) is 1. The van der Waals surface area contributed by atoms with Gasteiger partial charge in [0.05, 0.1) is 6.10 Å². The molecule has 1 unspecified atom stereocenters. The van der Waals surface area contributed by atoms with Crippen molar-refractivity contribution < 1.29 is 9.47 Å². The van der Waals surface area contributed by atoms with Crippen LogP contribution >= 0.6 is 0 Å². The second kappa shape index (κ2) is 5.19. The Morgan fingerprint density at radius 1 is 1.44 bits per heavy atom. The zero-order chi connectivity index (χ0) is 13.2. The third-order valence-electron chi connectivity index (χ3n) is 3.20. The van der Waals surface area contributed by atoms with Gasteiger partial charge >= 0.3 is 0 Å². The van der Waals surface area contributed by atoms with E-state index in [4.69, 9.17) is 15.2 Å². The molecule has 1 aliphatic rings. The van der Waals surface area contributed by atoms with Crippen molar-refractivity contribution in [1.29, 1.82) is 0 Å². The van der Waals surface area contributed by atoms with E-state index in [1.165, 1.54) is 5.56 Å². The Morgan fingerprint density at radius 2 is 2.22 bits per heavy atom. The highest BCUT2D eigenvalue weighted by Crippen LogP contribution is 2.42. The van der Waals surface area contributed by atoms with Crippen LogP contribution in [0, 0.1) is 0 Å². The van der Waals surface area contributed by atoms with Crippen molar-refractivity contribution in [2.45, 2.75) is 51.7 Å². The summed E-state index contributed by atoms with van der Waals surface area (Å²) in [7, 11) is 0. The van der Waals surface area contributed by atoms with E-state index < -0.39 is 0 Å². The van der Waals surface area contributed by atoms with Crippen LogP contribution in [0.4, 0.5) is 0 Å². The van der Waals surface area contributed by atoms with Crippen molar-refractivity contribution in [3.63, 3.8) is 0 Å². The molecule has 1 heterocycles. The highest BCUT2D eigenvalue weighted by molar-refractivity contribution is 5.50. The summed E-state index contributed by atoms with van der Waals surface area (Å²) in [5.74, 6) is 1.78. The van der Waals surface area contributed by atoms with E-state index in [0.29, 0.717) is 6.54 Å². The fourth-order valence-electron chi connectivity index (χ4n) is 2.36. The van der Waals surface area contributed by atoms with E-state index >= 15 is 0 Å². The van der Waals surface area contributed by atoms with Crippen LogP contribution in [-0.4, -0.2) is 18.2 Å². The average molecular weight is 249 g/mol. The van der Waals surface area contributed by atoms with Crippen LogP contribution in [-0.2, 0) is 6.42 Å². The van der Waals surface area contributed by atoms with Crippen LogP contribution < -0.4 is 15.2 Å². The molecule has 0 aromatic heterocycles. The van der Waals surface area contributed by atoms with Gasteiger partial charge in [0, 0.05) is 12.0 Å². The van der Waals surface area contributed by atoms with Gasteiger partial charge in [-0.3, -0.25) is 0 Å². The zero-order valence-electron chi connectivity index (χ0n) is 11.5. The first-order valence-electron chi connectivity index (χ1n) is 6.69. The van der Waals surface area contributed by atoms with Crippen molar-refractivity contribution in [2.75, 3.05) is 6.54 Å². The molecule has 0 spiro atoms. The Labute approximate surface area is 109 Å². The van der Waals surface area contributed by atoms with Crippen LogP contribution in [0.2, 0.25) is 0 Å². The van der Waals surface area contributed by atoms with Gasteiger partial charge < -0.3 is 15.2 Å². The van der Waals surface area contributed by atoms with Crippen molar-refractivity contribution in [3.05, 3.63) is 23.8 Å². The fraction of sp³-hybridized carbons (Fsp3) is 0.600. The number of para-hydroxylation sites is 1. The van der Waals surface area contributed by atoms with Crippen molar-refractivity contribution in [1.82, 2.24) is 0 Å². The lowest BCUT2D eigenvalue weighted by Gasteiger charge is -2.20. The van der Waals surface area contributed by atoms with Crippen LogP contribution in [0.15, 0.2) is 18.2 Å². The minimum Gasteiger partial charge on any atom is -0.487 e. The Kier molecular flexibility index (Phi) is 3.81. The zero-order valence-corrected chi connectivity index (χ0v) is 11.5. The minimum atomic E-state index is -0.123. The molecule has 0 saturated heterocycles. The number of benzene rings is 1. The van der Waals surface area contributed by atoms with Gasteiger partial charge in [-0.1, -0.05) is 12.1 Å². The number of hydrogen-bond donors (Lipinski definition) is 1. The second-order valence-corrected chi connectivity index (χ2v) is 5.64. The number of hydrogen-bond acceptors (Lipinski definition) is 3. The molecule has 1 aliphatic heterocycles. The second-order valence-electron chi connectivity index (χ2n) is 5.64. The molecule has 1 atom stereocenters. The summed E-state index contributed by atoms with van der Waals surface area (Å²) in [6.45, 7) is 7.00. The van der Waals surface area contributed by atoms with E-state index in [9.17, 15) is 0 Å². The first-order valence-corrected chi connectivity index (χ1v) is 6.69. The van der Waals surface area contributed by atoms with Gasteiger partial charge in [-0.05, 0) is 46.2 Å². The lowest BCUT2D eigenvalue weighted by atomic mass is 10.0. The largest absolute Gasteiger partial charge is 0.487 e. The first kappa shape index (κ1) is 13.2. The Bertz CT molecular complexity index is 415. The molecule has 2 rings (SSSR count). The van der Waals surface area contributed by atoms with E-state index in [2.05, 4.69) is 26.8 Å². The normalized spacial score (nSPS) is 18.0. The quantitative estimate of drug-likeness (QED) is 0.872. The minimum absolute atomic E-state index is 0.123. The van der Waals surface area contributed by atoms with E-state index in [-0.39, 0.29) is 11.7 Å². The van der Waals surface area contributed by atoms with Gasteiger partial charge in [-0.15, -0.1) is 0 Å². The molecule has 0 bridgehead atoms. The van der Waals surface area contributed by atoms with Crippen LogP contribution in [0.5, 0.6) is 11.5 Å². The molecule has 18 heavy (non-hydrogen) atoms. The predicted octanol–water partition coefficient (Wildman–Crippen LogP) is 2.91. The van der Waals surface area contributed by atoms with Gasteiger partial charge in [-0.25, -0.2) is 0 Å². The fourth-order valence-corrected chi connectivity index (χ4v) is 2.36. The average Bonchev–Trinajstić information content (AvgIpc) is 2.62. The third kappa shape index (κ3) is 2.96. The molecular weight excluding hydrogens is 226 g/mol. The number of rotatable bonds is 5. The molecule has 1 aromatic carbocycles.